The van der Waals surface area contributed by atoms with Crippen molar-refractivity contribution in [3.8, 4) is 17.0 Å². The van der Waals surface area contributed by atoms with Gasteiger partial charge >= 0.3 is 0 Å². The second kappa shape index (κ2) is 5.48. The molecule has 0 aliphatic carbocycles. The second-order valence-corrected chi connectivity index (χ2v) is 4.44. The van der Waals surface area contributed by atoms with Crippen LogP contribution in [0, 0.1) is 11.6 Å². The first kappa shape index (κ1) is 13.7. The molecule has 0 saturated carbocycles. The first-order valence-corrected chi connectivity index (χ1v) is 5.92. The van der Waals surface area contributed by atoms with Gasteiger partial charge in [-0.1, -0.05) is 0 Å². The standard InChI is InChI=1S/C12H8BrF3N2O/c13-7-2-1-6(11(15)12(7)16)9-3-8(17)10(4-18-9)19-5-14/h1-4H,5H2,(H2,17,18). The van der Waals surface area contributed by atoms with Crippen LogP contribution in [0.1, 0.15) is 0 Å². The molecule has 19 heavy (non-hydrogen) atoms. The minimum Gasteiger partial charge on any atom is -0.459 e. The lowest BCUT2D eigenvalue weighted by molar-refractivity contribution is 0.192. The summed E-state index contributed by atoms with van der Waals surface area (Å²) >= 11 is 2.88. The Kier molecular flexibility index (Phi) is 3.94. The Bertz CT molecular complexity index is 622. The summed E-state index contributed by atoms with van der Waals surface area (Å²) in [5, 5.41) is 0. The molecule has 0 aliphatic heterocycles. The summed E-state index contributed by atoms with van der Waals surface area (Å²) in [6.45, 7) is -1.05. The fourth-order valence-electron chi connectivity index (χ4n) is 1.51. The molecule has 2 aromatic rings. The molecule has 0 amide bonds. The van der Waals surface area contributed by atoms with Crippen molar-refractivity contribution in [3.05, 3.63) is 40.5 Å². The van der Waals surface area contributed by atoms with Crippen LogP contribution in [0.2, 0.25) is 0 Å². The molecule has 2 rings (SSSR count). The summed E-state index contributed by atoms with van der Waals surface area (Å²) in [4.78, 5) is 3.87. The lowest BCUT2D eigenvalue weighted by Gasteiger charge is -2.08. The Balaban J connectivity index is 2.48. The maximum Gasteiger partial charge on any atom is 0.228 e. The highest BCUT2D eigenvalue weighted by Crippen LogP contribution is 2.30. The molecule has 1 aromatic carbocycles. The van der Waals surface area contributed by atoms with E-state index in [-0.39, 0.29) is 27.2 Å². The lowest BCUT2D eigenvalue weighted by atomic mass is 10.1. The molecule has 0 spiro atoms. The van der Waals surface area contributed by atoms with E-state index in [9.17, 15) is 13.2 Å². The van der Waals surface area contributed by atoms with E-state index in [0.717, 1.165) is 6.20 Å². The smallest absolute Gasteiger partial charge is 0.228 e. The number of hydrogen-bond acceptors (Lipinski definition) is 3. The lowest BCUT2D eigenvalue weighted by Crippen LogP contribution is -1.99. The summed E-state index contributed by atoms with van der Waals surface area (Å²) in [7, 11) is 0. The molecule has 100 valence electrons. The number of pyridine rings is 1. The van der Waals surface area contributed by atoms with Gasteiger partial charge in [-0.25, -0.2) is 13.2 Å². The molecule has 1 aromatic heterocycles. The number of nitrogens with zero attached hydrogens (tertiary/aromatic N) is 1. The molecule has 0 fully saturated rings. The van der Waals surface area contributed by atoms with Gasteiger partial charge in [0.15, 0.2) is 17.4 Å². The molecular formula is C12H8BrF3N2O. The molecule has 3 nitrogen and oxygen atoms in total. The van der Waals surface area contributed by atoms with Crippen LogP contribution < -0.4 is 10.5 Å². The van der Waals surface area contributed by atoms with Crippen molar-refractivity contribution in [2.24, 2.45) is 0 Å². The van der Waals surface area contributed by atoms with Crippen LogP contribution in [0.25, 0.3) is 11.3 Å². The maximum atomic E-state index is 13.8. The first-order chi connectivity index (χ1) is 9.04. The number of halogens is 4. The molecule has 0 atom stereocenters. The monoisotopic (exact) mass is 332 g/mol. The van der Waals surface area contributed by atoms with Gasteiger partial charge < -0.3 is 10.5 Å². The minimum absolute atomic E-state index is 0.0131. The van der Waals surface area contributed by atoms with Crippen LogP contribution in [0.3, 0.4) is 0 Å². The normalized spacial score (nSPS) is 10.5. The molecule has 0 unspecified atom stereocenters. The summed E-state index contributed by atoms with van der Waals surface area (Å²) in [5.41, 5.74) is 5.78. The number of ether oxygens (including phenoxy) is 1. The van der Waals surface area contributed by atoms with Gasteiger partial charge in [-0.15, -0.1) is 0 Å². The van der Waals surface area contributed by atoms with Crippen LogP contribution in [-0.4, -0.2) is 11.8 Å². The van der Waals surface area contributed by atoms with Gasteiger partial charge in [0.05, 0.1) is 22.1 Å². The van der Waals surface area contributed by atoms with Crippen molar-refractivity contribution in [3.63, 3.8) is 0 Å². The fraction of sp³-hybridized carbons (Fsp3) is 0.0833. The van der Waals surface area contributed by atoms with Gasteiger partial charge in [-0.3, -0.25) is 4.98 Å². The third-order valence-electron chi connectivity index (χ3n) is 2.42. The largest absolute Gasteiger partial charge is 0.459 e. The van der Waals surface area contributed by atoms with Gasteiger partial charge in [0.25, 0.3) is 0 Å². The third-order valence-corrected chi connectivity index (χ3v) is 3.03. The number of aromatic nitrogens is 1. The van der Waals surface area contributed by atoms with Crippen molar-refractivity contribution in [1.29, 1.82) is 0 Å². The molecule has 0 aliphatic rings. The quantitative estimate of drug-likeness (QED) is 0.872. The first-order valence-electron chi connectivity index (χ1n) is 5.12. The second-order valence-electron chi connectivity index (χ2n) is 3.58. The van der Waals surface area contributed by atoms with Gasteiger partial charge in [0.1, 0.15) is 0 Å². The third kappa shape index (κ3) is 2.65. The van der Waals surface area contributed by atoms with Crippen LogP contribution in [0.4, 0.5) is 18.9 Å². The molecule has 0 radical (unpaired) electrons. The summed E-state index contributed by atoms with van der Waals surface area (Å²) < 4.78 is 43.8. The predicted molar refractivity (Wildman–Crippen MR) is 68.3 cm³/mol. The van der Waals surface area contributed by atoms with E-state index in [2.05, 4.69) is 25.7 Å². The average molecular weight is 333 g/mol. The molecule has 0 saturated heterocycles. The van der Waals surface area contributed by atoms with Gasteiger partial charge in [0.2, 0.25) is 6.86 Å². The zero-order valence-electron chi connectivity index (χ0n) is 9.46. The Morgan fingerprint density at radius 1 is 1.26 bits per heavy atom. The SMILES string of the molecule is Nc1cc(-c2ccc(Br)c(F)c2F)ncc1OCF. The Morgan fingerprint density at radius 2 is 2.00 bits per heavy atom. The average Bonchev–Trinajstić information content (AvgIpc) is 2.39. The highest BCUT2D eigenvalue weighted by atomic mass is 79.9. The van der Waals surface area contributed by atoms with Crippen molar-refractivity contribution in [2.75, 3.05) is 12.6 Å². The van der Waals surface area contributed by atoms with E-state index in [1.165, 1.54) is 18.2 Å². The Hall–Kier alpha value is -1.76. The molecule has 7 heteroatoms. The number of anilines is 1. The number of nitrogens with two attached hydrogens (primary N) is 1. The molecule has 1 heterocycles. The van der Waals surface area contributed by atoms with Crippen LogP contribution in [0.5, 0.6) is 5.75 Å². The number of nitrogen functional groups attached to an aromatic ring is 1. The van der Waals surface area contributed by atoms with Crippen molar-refractivity contribution >= 4 is 21.6 Å². The van der Waals surface area contributed by atoms with Gasteiger partial charge in [-0.2, -0.15) is 0 Å². The number of benzene rings is 1. The summed E-state index contributed by atoms with van der Waals surface area (Å²) in [6, 6.07) is 4.01. The van der Waals surface area contributed by atoms with E-state index in [1.807, 2.05) is 0 Å². The zero-order chi connectivity index (χ0) is 14.0. The number of rotatable bonds is 3. The minimum atomic E-state index is -1.05. The predicted octanol–water partition coefficient (Wildman–Crippen LogP) is 3.68. The van der Waals surface area contributed by atoms with Crippen molar-refractivity contribution < 1.29 is 17.9 Å². The zero-order valence-corrected chi connectivity index (χ0v) is 11.0. The number of hydrogen-bond donors (Lipinski definition) is 1. The van der Waals surface area contributed by atoms with Crippen LogP contribution >= 0.6 is 15.9 Å². The van der Waals surface area contributed by atoms with E-state index in [1.54, 1.807) is 0 Å². The summed E-state index contributed by atoms with van der Waals surface area (Å²) in [6.07, 6.45) is 1.16. The van der Waals surface area contributed by atoms with Crippen molar-refractivity contribution in [2.45, 2.75) is 0 Å². The van der Waals surface area contributed by atoms with Crippen molar-refractivity contribution in [1.82, 2.24) is 4.98 Å². The van der Waals surface area contributed by atoms with Crippen LogP contribution in [0.15, 0.2) is 28.9 Å². The fourth-order valence-corrected chi connectivity index (χ4v) is 1.82. The highest BCUT2D eigenvalue weighted by Gasteiger charge is 2.15. The topological polar surface area (TPSA) is 48.1 Å². The van der Waals surface area contributed by atoms with E-state index >= 15 is 0 Å². The molecular weight excluding hydrogens is 325 g/mol. The molecule has 0 bridgehead atoms. The Labute approximate surface area is 115 Å². The summed E-state index contributed by atoms with van der Waals surface area (Å²) in [5.74, 6) is -2.01. The maximum absolute atomic E-state index is 13.8. The Morgan fingerprint density at radius 3 is 2.63 bits per heavy atom. The van der Waals surface area contributed by atoms with E-state index in [0.29, 0.717) is 0 Å². The van der Waals surface area contributed by atoms with E-state index in [4.69, 9.17) is 5.73 Å². The highest BCUT2D eigenvalue weighted by molar-refractivity contribution is 9.10. The van der Waals surface area contributed by atoms with Crippen LogP contribution in [-0.2, 0) is 0 Å². The van der Waals surface area contributed by atoms with Gasteiger partial charge in [-0.05, 0) is 34.1 Å². The molecule has 2 N–H and O–H groups in total. The number of alkyl halides is 1. The van der Waals surface area contributed by atoms with E-state index < -0.39 is 18.5 Å². The van der Waals surface area contributed by atoms with Gasteiger partial charge in [0, 0.05) is 5.56 Å².